The summed E-state index contributed by atoms with van der Waals surface area (Å²) in [7, 11) is 0. The molecule has 4 nitrogen and oxygen atoms in total. The first-order valence-electron chi connectivity index (χ1n) is 7.17. The first kappa shape index (κ1) is 14.3. The van der Waals surface area contributed by atoms with Gasteiger partial charge < -0.3 is 0 Å². The maximum absolute atomic E-state index is 12.2. The second-order valence-electron chi connectivity index (χ2n) is 6.30. The molecule has 2 aromatic rings. The van der Waals surface area contributed by atoms with Crippen molar-refractivity contribution in [1.82, 2.24) is 14.5 Å². The van der Waals surface area contributed by atoms with Crippen molar-refractivity contribution in [3.63, 3.8) is 0 Å². The second kappa shape index (κ2) is 5.30. The fraction of sp³-hybridized carbons (Fsp3) is 0.438. The van der Waals surface area contributed by atoms with E-state index in [0.717, 1.165) is 35.1 Å². The molecule has 0 fully saturated rings. The van der Waals surface area contributed by atoms with Gasteiger partial charge in [0, 0.05) is 41.2 Å². The number of thioether (sulfide) groups is 1. The van der Waals surface area contributed by atoms with E-state index in [9.17, 15) is 4.79 Å². The Balaban J connectivity index is 2.01. The van der Waals surface area contributed by atoms with Crippen LogP contribution < -0.4 is 5.56 Å². The molecule has 0 radical (unpaired) electrons. The number of nitrogens with zero attached hydrogens (tertiary/aromatic N) is 3. The fourth-order valence-corrected chi connectivity index (χ4v) is 3.28. The molecule has 0 saturated carbocycles. The lowest BCUT2D eigenvalue weighted by Gasteiger charge is -2.18. The van der Waals surface area contributed by atoms with Crippen molar-refractivity contribution in [3.05, 3.63) is 40.4 Å². The summed E-state index contributed by atoms with van der Waals surface area (Å²) in [5.74, 6) is 1.02. The number of hydrogen-bond acceptors (Lipinski definition) is 4. The minimum Gasteiger partial charge on any atom is -0.288 e. The summed E-state index contributed by atoms with van der Waals surface area (Å²) in [4.78, 5) is 21.3. The SMILES string of the molecule is CC(C)(C)c1ccc(-c2cc(=O)n3c(n2)SCCC3)cn1. The minimum absolute atomic E-state index is 0.0250. The van der Waals surface area contributed by atoms with Gasteiger partial charge in [0.2, 0.25) is 0 Å². The van der Waals surface area contributed by atoms with Gasteiger partial charge in [0.25, 0.3) is 5.56 Å². The van der Waals surface area contributed by atoms with Crippen molar-refractivity contribution < 1.29 is 0 Å². The zero-order valence-corrected chi connectivity index (χ0v) is 13.4. The van der Waals surface area contributed by atoms with Gasteiger partial charge in [-0.15, -0.1) is 0 Å². The van der Waals surface area contributed by atoms with Crippen LogP contribution in [-0.4, -0.2) is 20.3 Å². The largest absolute Gasteiger partial charge is 0.288 e. The highest BCUT2D eigenvalue weighted by atomic mass is 32.2. The third-order valence-corrected chi connectivity index (χ3v) is 4.62. The van der Waals surface area contributed by atoms with Gasteiger partial charge in [-0.1, -0.05) is 32.5 Å². The van der Waals surface area contributed by atoms with Crippen molar-refractivity contribution >= 4 is 11.8 Å². The van der Waals surface area contributed by atoms with Crippen molar-refractivity contribution in [2.24, 2.45) is 0 Å². The quantitative estimate of drug-likeness (QED) is 0.759. The number of hydrogen-bond donors (Lipinski definition) is 0. The van der Waals surface area contributed by atoms with E-state index in [-0.39, 0.29) is 11.0 Å². The van der Waals surface area contributed by atoms with E-state index in [1.54, 1.807) is 22.4 Å². The molecule has 2 aromatic heterocycles. The summed E-state index contributed by atoms with van der Waals surface area (Å²) in [5.41, 5.74) is 2.71. The summed E-state index contributed by atoms with van der Waals surface area (Å²) in [5, 5.41) is 0.823. The summed E-state index contributed by atoms with van der Waals surface area (Å²) in [6.45, 7) is 7.18. The third-order valence-electron chi connectivity index (χ3n) is 3.56. The van der Waals surface area contributed by atoms with E-state index in [1.165, 1.54) is 0 Å². The molecule has 3 heterocycles. The molecule has 0 spiro atoms. The average molecular weight is 301 g/mol. The lowest BCUT2D eigenvalue weighted by Crippen LogP contribution is -2.25. The van der Waals surface area contributed by atoms with Crippen LogP contribution in [0.4, 0.5) is 0 Å². The Morgan fingerprint density at radius 3 is 2.76 bits per heavy atom. The van der Waals surface area contributed by atoms with Gasteiger partial charge in [-0.25, -0.2) is 4.98 Å². The molecule has 0 unspecified atom stereocenters. The summed E-state index contributed by atoms with van der Waals surface area (Å²) < 4.78 is 1.76. The Morgan fingerprint density at radius 1 is 1.29 bits per heavy atom. The van der Waals surface area contributed by atoms with Gasteiger partial charge in [-0.05, 0) is 18.6 Å². The lowest BCUT2D eigenvalue weighted by atomic mass is 9.91. The predicted molar refractivity (Wildman–Crippen MR) is 85.8 cm³/mol. The molecular weight excluding hydrogens is 282 g/mol. The van der Waals surface area contributed by atoms with Crippen LogP contribution in [0.5, 0.6) is 0 Å². The average Bonchev–Trinajstić information content (AvgIpc) is 2.46. The van der Waals surface area contributed by atoms with Gasteiger partial charge in [0.05, 0.1) is 5.69 Å². The highest BCUT2D eigenvalue weighted by Gasteiger charge is 2.17. The van der Waals surface area contributed by atoms with Gasteiger partial charge in [-0.3, -0.25) is 14.3 Å². The van der Waals surface area contributed by atoms with Gasteiger partial charge in [0.1, 0.15) is 0 Å². The molecule has 1 aliphatic heterocycles. The van der Waals surface area contributed by atoms with Gasteiger partial charge in [-0.2, -0.15) is 0 Å². The zero-order valence-electron chi connectivity index (χ0n) is 12.6. The normalized spacial score (nSPS) is 14.8. The lowest BCUT2D eigenvalue weighted by molar-refractivity contribution is 0.563. The van der Waals surface area contributed by atoms with Crippen molar-refractivity contribution in [2.45, 2.75) is 44.3 Å². The molecule has 0 saturated heterocycles. The van der Waals surface area contributed by atoms with Crippen LogP contribution in [0.2, 0.25) is 0 Å². The van der Waals surface area contributed by atoms with Crippen LogP contribution >= 0.6 is 11.8 Å². The smallest absolute Gasteiger partial charge is 0.254 e. The van der Waals surface area contributed by atoms with Crippen LogP contribution in [-0.2, 0) is 12.0 Å². The van der Waals surface area contributed by atoms with E-state index < -0.39 is 0 Å². The summed E-state index contributed by atoms with van der Waals surface area (Å²) in [6.07, 6.45) is 2.84. The fourth-order valence-electron chi connectivity index (χ4n) is 2.32. The highest BCUT2D eigenvalue weighted by Crippen LogP contribution is 2.25. The Hall–Kier alpha value is -1.62. The molecule has 0 bridgehead atoms. The van der Waals surface area contributed by atoms with Crippen LogP contribution in [0.3, 0.4) is 0 Å². The molecule has 5 heteroatoms. The maximum Gasteiger partial charge on any atom is 0.254 e. The van der Waals surface area contributed by atoms with E-state index in [0.29, 0.717) is 5.69 Å². The monoisotopic (exact) mass is 301 g/mol. The number of pyridine rings is 1. The Morgan fingerprint density at radius 2 is 2.10 bits per heavy atom. The third kappa shape index (κ3) is 2.88. The molecule has 0 amide bonds. The Kier molecular flexibility index (Phi) is 3.61. The molecule has 110 valence electrons. The summed E-state index contributed by atoms with van der Waals surface area (Å²) >= 11 is 1.65. The molecule has 0 atom stereocenters. The maximum atomic E-state index is 12.2. The van der Waals surface area contributed by atoms with Crippen LogP contribution in [0, 0.1) is 0 Å². The topological polar surface area (TPSA) is 47.8 Å². The number of rotatable bonds is 1. The zero-order chi connectivity index (χ0) is 15.0. The molecule has 21 heavy (non-hydrogen) atoms. The molecule has 3 rings (SSSR count). The molecule has 0 N–H and O–H groups in total. The van der Waals surface area contributed by atoms with E-state index in [1.807, 2.05) is 18.3 Å². The van der Waals surface area contributed by atoms with E-state index in [2.05, 4.69) is 30.7 Å². The van der Waals surface area contributed by atoms with Crippen molar-refractivity contribution in [3.8, 4) is 11.3 Å². The molecule has 0 aliphatic carbocycles. The standard InChI is InChI=1S/C16H19N3OS/c1-16(2,3)13-6-5-11(10-17-13)12-9-14(20)19-7-4-8-21-15(19)18-12/h5-6,9-10H,4,7-8H2,1-3H3. The van der Waals surface area contributed by atoms with Crippen molar-refractivity contribution in [2.75, 3.05) is 5.75 Å². The first-order chi connectivity index (χ1) is 9.95. The number of aromatic nitrogens is 3. The first-order valence-corrected chi connectivity index (χ1v) is 8.15. The number of fused-ring (bicyclic) bond motifs is 1. The van der Waals surface area contributed by atoms with Crippen LogP contribution in [0.1, 0.15) is 32.9 Å². The summed E-state index contributed by atoms with van der Waals surface area (Å²) in [6, 6.07) is 5.63. The van der Waals surface area contributed by atoms with E-state index >= 15 is 0 Å². The predicted octanol–water partition coefficient (Wildman–Crippen LogP) is 3.10. The van der Waals surface area contributed by atoms with Crippen LogP contribution in [0.15, 0.2) is 34.3 Å². The molecular formula is C16H19N3OS. The Labute approximate surface area is 128 Å². The van der Waals surface area contributed by atoms with E-state index in [4.69, 9.17) is 0 Å². The van der Waals surface area contributed by atoms with Gasteiger partial charge >= 0.3 is 0 Å². The van der Waals surface area contributed by atoms with Crippen LogP contribution in [0.25, 0.3) is 11.3 Å². The molecule has 0 aromatic carbocycles. The Bertz CT molecular complexity index is 714. The molecule has 1 aliphatic rings. The minimum atomic E-state index is 0.0250. The second-order valence-corrected chi connectivity index (χ2v) is 7.36. The van der Waals surface area contributed by atoms with Crippen molar-refractivity contribution in [1.29, 1.82) is 0 Å². The highest BCUT2D eigenvalue weighted by molar-refractivity contribution is 7.99. The van der Waals surface area contributed by atoms with Gasteiger partial charge in [0.15, 0.2) is 5.16 Å².